The summed E-state index contributed by atoms with van der Waals surface area (Å²) in [7, 11) is 0. The Morgan fingerprint density at radius 3 is 2.50 bits per heavy atom. The first-order valence-corrected chi connectivity index (χ1v) is 6.24. The van der Waals surface area contributed by atoms with E-state index in [0.29, 0.717) is 10.5 Å². The number of halogens is 3. The van der Waals surface area contributed by atoms with Gasteiger partial charge in [-0.2, -0.15) is 0 Å². The molecule has 0 heterocycles. The van der Waals surface area contributed by atoms with Gasteiger partial charge in [-0.25, -0.2) is 8.78 Å². The first kappa shape index (κ1) is 13.5. The molecular formula is C11H11ClF2OS. The Morgan fingerprint density at radius 2 is 2.06 bits per heavy atom. The average Bonchev–Trinajstić information content (AvgIpc) is 2.26. The minimum Gasteiger partial charge on any atom is -0.298 e. The maximum atomic E-state index is 12.6. The number of hydrogen-bond acceptors (Lipinski definition) is 2. The van der Waals surface area contributed by atoms with E-state index in [1.54, 1.807) is 12.3 Å². The van der Waals surface area contributed by atoms with Crippen molar-refractivity contribution in [2.45, 2.75) is 23.6 Å². The predicted octanol–water partition coefficient (Wildman–Crippen LogP) is 4.22. The predicted molar refractivity (Wildman–Crippen MR) is 62.5 cm³/mol. The number of benzene rings is 1. The summed E-state index contributed by atoms with van der Waals surface area (Å²) in [5, 5.41) is -0.766. The molecule has 0 aliphatic rings. The maximum Gasteiger partial charge on any atom is 0.264 e. The molecule has 88 valence electrons. The summed E-state index contributed by atoms with van der Waals surface area (Å²) in [6.07, 6.45) is -0.801. The largest absolute Gasteiger partial charge is 0.298 e. The molecule has 1 nitrogen and oxygen atoms in total. The van der Waals surface area contributed by atoms with Crippen molar-refractivity contribution in [3.05, 3.63) is 29.3 Å². The lowest BCUT2D eigenvalue weighted by molar-refractivity contribution is -0.116. The zero-order chi connectivity index (χ0) is 12.3. The summed E-state index contributed by atoms with van der Waals surface area (Å²) in [6, 6.07) is 4.34. The second kappa shape index (κ2) is 5.64. The maximum absolute atomic E-state index is 12.6. The zero-order valence-electron chi connectivity index (χ0n) is 8.84. The third-order valence-corrected chi connectivity index (χ3v) is 3.49. The lowest BCUT2D eigenvalue weighted by Gasteiger charge is -2.11. The monoisotopic (exact) mass is 264 g/mol. The molecule has 1 rings (SSSR count). The van der Waals surface area contributed by atoms with Crippen LogP contribution in [0.15, 0.2) is 23.1 Å². The number of Topliss-reactive ketones (excluding diaryl/α,β-unsaturated/α-hetero) is 1. The molecule has 0 bridgehead atoms. The summed E-state index contributed by atoms with van der Waals surface area (Å²) >= 11 is 7.07. The quantitative estimate of drug-likeness (QED) is 0.598. The van der Waals surface area contributed by atoms with Crippen LogP contribution in [0.25, 0.3) is 0 Å². The van der Waals surface area contributed by atoms with Crippen molar-refractivity contribution < 1.29 is 13.6 Å². The summed E-state index contributed by atoms with van der Waals surface area (Å²) in [4.78, 5) is 11.5. The Balaban J connectivity index is 3.13. The summed E-state index contributed by atoms with van der Waals surface area (Å²) in [5.41, 5.74) is 0.534. The Morgan fingerprint density at radius 1 is 1.44 bits per heavy atom. The van der Waals surface area contributed by atoms with Crippen LogP contribution in [0.5, 0.6) is 0 Å². The van der Waals surface area contributed by atoms with E-state index in [9.17, 15) is 13.6 Å². The average molecular weight is 265 g/mol. The zero-order valence-corrected chi connectivity index (χ0v) is 10.4. The minimum absolute atomic E-state index is 0.0244. The lowest BCUT2D eigenvalue weighted by atomic mass is 10.1. The normalized spacial score (nSPS) is 12.9. The molecule has 16 heavy (non-hydrogen) atoms. The SMILES string of the molecule is CSc1cc(C(Cl)C(C)=O)ccc1C(F)F. The van der Waals surface area contributed by atoms with Gasteiger partial charge in [-0.15, -0.1) is 23.4 Å². The van der Waals surface area contributed by atoms with E-state index in [1.165, 1.54) is 30.8 Å². The third-order valence-electron chi connectivity index (χ3n) is 2.14. The highest BCUT2D eigenvalue weighted by Gasteiger charge is 2.17. The van der Waals surface area contributed by atoms with Gasteiger partial charge in [0.2, 0.25) is 0 Å². The van der Waals surface area contributed by atoms with Crippen LogP contribution in [-0.2, 0) is 4.79 Å². The van der Waals surface area contributed by atoms with Crippen molar-refractivity contribution in [2.24, 2.45) is 0 Å². The van der Waals surface area contributed by atoms with Gasteiger partial charge in [0.05, 0.1) is 0 Å². The Bertz CT molecular complexity index is 396. The van der Waals surface area contributed by atoms with Crippen LogP contribution in [0.2, 0.25) is 0 Å². The highest BCUT2D eigenvalue weighted by molar-refractivity contribution is 7.98. The van der Waals surface area contributed by atoms with Gasteiger partial charge in [0.1, 0.15) is 5.38 Å². The Labute approximate surface area is 102 Å². The molecule has 0 aliphatic carbocycles. The molecule has 0 aromatic heterocycles. The second-order valence-electron chi connectivity index (χ2n) is 3.28. The fraction of sp³-hybridized carbons (Fsp3) is 0.364. The molecule has 0 saturated carbocycles. The van der Waals surface area contributed by atoms with Gasteiger partial charge in [-0.3, -0.25) is 4.79 Å². The topological polar surface area (TPSA) is 17.1 Å². The molecule has 0 radical (unpaired) electrons. The van der Waals surface area contributed by atoms with Crippen LogP contribution < -0.4 is 0 Å². The molecule has 0 fully saturated rings. The van der Waals surface area contributed by atoms with Crippen LogP contribution >= 0.6 is 23.4 Å². The number of thioether (sulfide) groups is 1. The third kappa shape index (κ3) is 2.95. The molecule has 0 N–H and O–H groups in total. The number of carbonyl (C=O) groups is 1. The molecule has 1 aromatic rings. The van der Waals surface area contributed by atoms with Gasteiger partial charge in [0, 0.05) is 10.5 Å². The lowest BCUT2D eigenvalue weighted by Crippen LogP contribution is -2.02. The summed E-state index contributed by atoms with van der Waals surface area (Å²) < 4.78 is 25.2. The Hall–Kier alpha value is -0.610. The first-order valence-electron chi connectivity index (χ1n) is 4.58. The van der Waals surface area contributed by atoms with Gasteiger partial charge in [-0.05, 0) is 24.8 Å². The number of hydrogen-bond donors (Lipinski definition) is 0. The minimum atomic E-state index is -2.51. The standard InChI is InChI=1S/C11H11ClF2OS/c1-6(15)10(12)7-3-4-8(11(13)14)9(5-7)16-2/h3-5,10-11H,1-2H3. The van der Waals surface area contributed by atoms with E-state index < -0.39 is 11.8 Å². The number of alkyl halides is 3. The number of ketones is 1. The molecule has 0 aliphatic heterocycles. The molecule has 0 saturated heterocycles. The first-order chi connectivity index (χ1) is 7.47. The van der Waals surface area contributed by atoms with Crippen LogP contribution in [0, 0.1) is 0 Å². The fourth-order valence-electron chi connectivity index (χ4n) is 1.30. The van der Waals surface area contributed by atoms with Gasteiger partial charge in [0.15, 0.2) is 5.78 Å². The molecule has 0 amide bonds. The van der Waals surface area contributed by atoms with Crippen LogP contribution in [0.1, 0.15) is 29.9 Å². The van der Waals surface area contributed by atoms with Gasteiger partial charge < -0.3 is 0 Å². The number of carbonyl (C=O) groups excluding carboxylic acids is 1. The van der Waals surface area contributed by atoms with E-state index >= 15 is 0 Å². The van der Waals surface area contributed by atoms with E-state index in [-0.39, 0.29) is 11.3 Å². The Kier molecular flexibility index (Phi) is 4.74. The highest BCUT2D eigenvalue weighted by Crippen LogP contribution is 2.33. The summed E-state index contributed by atoms with van der Waals surface area (Å²) in [5.74, 6) is -0.196. The van der Waals surface area contributed by atoms with Gasteiger partial charge in [0.25, 0.3) is 6.43 Å². The fourth-order valence-corrected chi connectivity index (χ4v) is 2.08. The molecule has 1 unspecified atom stereocenters. The van der Waals surface area contributed by atoms with Crippen molar-refractivity contribution in [1.29, 1.82) is 0 Å². The van der Waals surface area contributed by atoms with E-state index in [2.05, 4.69) is 0 Å². The van der Waals surface area contributed by atoms with Crippen LogP contribution in [0.3, 0.4) is 0 Å². The van der Waals surface area contributed by atoms with Gasteiger partial charge >= 0.3 is 0 Å². The van der Waals surface area contributed by atoms with Crippen LogP contribution in [0.4, 0.5) is 8.78 Å². The highest BCUT2D eigenvalue weighted by atomic mass is 35.5. The molecule has 0 spiro atoms. The van der Waals surface area contributed by atoms with E-state index in [1.807, 2.05) is 0 Å². The summed E-state index contributed by atoms with van der Waals surface area (Å²) in [6.45, 7) is 1.37. The van der Waals surface area contributed by atoms with Crippen molar-refractivity contribution in [3.63, 3.8) is 0 Å². The van der Waals surface area contributed by atoms with Crippen molar-refractivity contribution in [3.8, 4) is 0 Å². The molecular weight excluding hydrogens is 254 g/mol. The number of rotatable bonds is 4. The molecule has 5 heteroatoms. The van der Waals surface area contributed by atoms with Crippen molar-refractivity contribution in [2.75, 3.05) is 6.26 Å². The smallest absolute Gasteiger partial charge is 0.264 e. The van der Waals surface area contributed by atoms with Crippen LogP contribution in [-0.4, -0.2) is 12.0 Å². The van der Waals surface area contributed by atoms with Crippen molar-refractivity contribution in [1.82, 2.24) is 0 Å². The van der Waals surface area contributed by atoms with Gasteiger partial charge in [-0.1, -0.05) is 12.1 Å². The van der Waals surface area contributed by atoms with Crippen molar-refractivity contribution >= 4 is 29.1 Å². The second-order valence-corrected chi connectivity index (χ2v) is 4.56. The molecule has 1 atom stereocenters. The molecule has 1 aromatic carbocycles. The van der Waals surface area contributed by atoms with E-state index in [4.69, 9.17) is 11.6 Å². The van der Waals surface area contributed by atoms with E-state index in [0.717, 1.165) is 0 Å².